The van der Waals surface area contributed by atoms with Crippen LogP contribution in [0.1, 0.15) is 16.8 Å². The molecule has 1 atom stereocenters. The van der Waals surface area contributed by atoms with Crippen molar-refractivity contribution in [3.63, 3.8) is 0 Å². The summed E-state index contributed by atoms with van der Waals surface area (Å²) in [7, 11) is 1.69. The number of benzene rings is 1. The molecule has 20 heavy (non-hydrogen) atoms. The first-order valence-corrected chi connectivity index (χ1v) is 7.59. The summed E-state index contributed by atoms with van der Waals surface area (Å²) in [5.74, 6) is 2.43. The fourth-order valence-electron chi connectivity index (χ4n) is 2.13. The number of rotatable bonds is 5. The normalized spacial score (nSPS) is 17.8. The van der Waals surface area contributed by atoms with Crippen molar-refractivity contribution in [2.45, 2.75) is 6.42 Å². The lowest BCUT2D eigenvalue weighted by Gasteiger charge is -2.12. The molecule has 1 fully saturated rings. The van der Waals surface area contributed by atoms with Gasteiger partial charge < -0.3 is 10.6 Å². The topological polar surface area (TPSA) is 84.3 Å². The maximum Gasteiger partial charge on any atom is 0.270 e. The summed E-state index contributed by atoms with van der Waals surface area (Å²) in [5, 5.41) is 16.5. The summed E-state index contributed by atoms with van der Waals surface area (Å²) >= 11 is 1.89. The Morgan fingerprint density at radius 2 is 2.35 bits per heavy atom. The fraction of sp³-hybridized carbons (Fsp3) is 0.462. The van der Waals surface area contributed by atoms with Gasteiger partial charge in [-0.1, -0.05) is 0 Å². The van der Waals surface area contributed by atoms with Gasteiger partial charge in [0, 0.05) is 31.4 Å². The van der Waals surface area contributed by atoms with Gasteiger partial charge >= 0.3 is 0 Å². The molecular weight excluding hydrogens is 278 g/mol. The van der Waals surface area contributed by atoms with E-state index >= 15 is 0 Å². The van der Waals surface area contributed by atoms with Crippen molar-refractivity contribution >= 4 is 29.0 Å². The highest BCUT2D eigenvalue weighted by Gasteiger charge is 2.19. The molecule has 1 heterocycles. The molecule has 0 aliphatic carbocycles. The van der Waals surface area contributed by atoms with Crippen LogP contribution in [0.2, 0.25) is 0 Å². The number of hydrogen-bond donors (Lipinski definition) is 2. The lowest BCUT2D eigenvalue weighted by atomic mass is 10.1. The van der Waals surface area contributed by atoms with Crippen LogP contribution in [0, 0.1) is 16.0 Å². The molecule has 1 saturated heterocycles. The minimum absolute atomic E-state index is 0.0782. The van der Waals surface area contributed by atoms with Crippen LogP contribution in [-0.4, -0.2) is 35.9 Å². The van der Waals surface area contributed by atoms with Gasteiger partial charge in [0.1, 0.15) is 0 Å². The van der Waals surface area contributed by atoms with E-state index in [0.29, 0.717) is 23.7 Å². The van der Waals surface area contributed by atoms with Crippen molar-refractivity contribution in [1.29, 1.82) is 0 Å². The van der Waals surface area contributed by atoms with E-state index in [0.717, 1.165) is 17.9 Å². The molecule has 0 bridgehead atoms. The van der Waals surface area contributed by atoms with Gasteiger partial charge in [-0.25, -0.2) is 0 Å². The van der Waals surface area contributed by atoms with Crippen molar-refractivity contribution in [3.05, 3.63) is 33.9 Å². The molecule has 7 heteroatoms. The zero-order valence-corrected chi connectivity index (χ0v) is 12.0. The molecule has 1 aromatic carbocycles. The van der Waals surface area contributed by atoms with E-state index in [1.54, 1.807) is 13.1 Å². The molecule has 2 rings (SSSR count). The zero-order chi connectivity index (χ0) is 14.5. The molecule has 1 amide bonds. The van der Waals surface area contributed by atoms with Crippen molar-refractivity contribution in [2.24, 2.45) is 5.92 Å². The van der Waals surface area contributed by atoms with Crippen LogP contribution in [0.3, 0.4) is 0 Å². The molecule has 0 aromatic heterocycles. The Morgan fingerprint density at radius 3 is 2.95 bits per heavy atom. The number of nitrogens with zero attached hydrogens (tertiary/aromatic N) is 1. The number of carbonyl (C=O) groups is 1. The van der Waals surface area contributed by atoms with Crippen LogP contribution in [0.25, 0.3) is 0 Å². The first kappa shape index (κ1) is 14.6. The summed E-state index contributed by atoms with van der Waals surface area (Å²) in [6.07, 6.45) is 1.11. The zero-order valence-electron chi connectivity index (χ0n) is 11.2. The minimum atomic E-state index is -0.496. The van der Waals surface area contributed by atoms with Crippen LogP contribution >= 0.6 is 11.8 Å². The molecular formula is C13H17N3O3S. The molecule has 0 saturated carbocycles. The highest BCUT2D eigenvalue weighted by Crippen LogP contribution is 2.24. The van der Waals surface area contributed by atoms with Gasteiger partial charge in [0.2, 0.25) is 0 Å². The van der Waals surface area contributed by atoms with Crippen LogP contribution in [0.4, 0.5) is 11.4 Å². The van der Waals surface area contributed by atoms with Gasteiger partial charge in [-0.05, 0) is 29.9 Å². The average molecular weight is 295 g/mol. The van der Waals surface area contributed by atoms with Crippen LogP contribution < -0.4 is 10.6 Å². The average Bonchev–Trinajstić information content (AvgIpc) is 2.97. The Hall–Kier alpha value is -1.76. The smallest absolute Gasteiger partial charge is 0.270 e. The van der Waals surface area contributed by atoms with Gasteiger partial charge in [0.05, 0.1) is 10.5 Å². The number of nitrogens with one attached hydrogen (secondary N) is 2. The van der Waals surface area contributed by atoms with Crippen LogP contribution in [0.15, 0.2) is 18.2 Å². The lowest BCUT2D eigenvalue weighted by molar-refractivity contribution is -0.384. The highest BCUT2D eigenvalue weighted by atomic mass is 32.2. The Kier molecular flexibility index (Phi) is 4.84. The van der Waals surface area contributed by atoms with Crippen molar-refractivity contribution in [3.8, 4) is 0 Å². The molecule has 0 spiro atoms. The number of carbonyl (C=O) groups excluding carboxylic acids is 1. The SMILES string of the molecule is CNc1ccc([N+](=O)[O-])cc1C(=O)NCC1CCSC1. The van der Waals surface area contributed by atoms with Crippen LogP contribution in [0.5, 0.6) is 0 Å². The number of amides is 1. The molecule has 6 nitrogen and oxygen atoms in total. The third kappa shape index (κ3) is 3.41. The standard InChI is InChI=1S/C13H17N3O3S/c1-14-12-3-2-10(16(18)19)6-11(12)13(17)15-7-9-4-5-20-8-9/h2-3,6,9,14H,4-5,7-8H2,1H3,(H,15,17). The summed E-state index contributed by atoms with van der Waals surface area (Å²) in [5.41, 5.74) is 0.826. The highest BCUT2D eigenvalue weighted by molar-refractivity contribution is 7.99. The minimum Gasteiger partial charge on any atom is -0.387 e. The third-order valence-electron chi connectivity index (χ3n) is 3.30. The molecule has 108 valence electrons. The number of non-ortho nitro benzene ring substituents is 1. The second-order valence-corrected chi connectivity index (χ2v) is 5.83. The number of nitro benzene ring substituents is 1. The maximum atomic E-state index is 12.2. The van der Waals surface area contributed by atoms with E-state index in [1.165, 1.54) is 12.1 Å². The molecule has 1 aliphatic heterocycles. The third-order valence-corrected chi connectivity index (χ3v) is 4.53. The Balaban J connectivity index is 2.10. The maximum absolute atomic E-state index is 12.2. The molecule has 2 N–H and O–H groups in total. The van der Waals surface area contributed by atoms with Crippen LogP contribution in [-0.2, 0) is 0 Å². The van der Waals surface area contributed by atoms with Gasteiger partial charge in [-0.2, -0.15) is 11.8 Å². The van der Waals surface area contributed by atoms with Crippen molar-refractivity contribution in [2.75, 3.05) is 30.4 Å². The van der Waals surface area contributed by atoms with E-state index in [1.807, 2.05) is 11.8 Å². The van der Waals surface area contributed by atoms with E-state index in [2.05, 4.69) is 10.6 Å². The van der Waals surface area contributed by atoms with Gasteiger partial charge in [0.15, 0.2) is 0 Å². The number of anilines is 1. The largest absolute Gasteiger partial charge is 0.387 e. The Bertz CT molecular complexity index is 516. The Morgan fingerprint density at radius 1 is 1.55 bits per heavy atom. The van der Waals surface area contributed by atoms with Crippen molar-refractivity contribution < 1.29 is 9.72 Å². The molecule has 0 radical (unpaired) electrons. The summed E-state index contributed by atoms with van der Waals surface area (Å²) in [6.45, 7) is 0.623. The fourth-order valence-corrected chi connectivity index (χ4v) is 3.41. The lowest BCUT2D eigenvalue weighted by Crippen LogP contribution is -2.29. The number of nitro groups is 1. The number of hydrogen-bond acceptors (Lipinski definition) is 5. The first-order valence-electron chi connectivity index (χ1n) is 6.44. The second-order valence-electron chi connectivity index (χ2n) is 4.68. The Labute approximate surface area is 121 Å². The van der Waals surface area contributed by atoms with E-state index in [9.17, 15) is 14.9 Å². The molecule has 1 aliphatic rings. The van der Waals surface area contributed by atoms with Crippen molar-refractivity contribution in [1.82, 2.24) is 5.32 Å². The van der Waals surface area contributed by atoms with E-state index in [-0.39, 0.29) is 11.6 Å². The van der Waals surface area contributed by atoms with Gasteiger partial charge in [-0.15, -0.1) is 0 Å². The monoisotopic (exact) mass is 295 g/mol. The van der Waals surface area contributed by atoms with E-state index < -0.39 is 4.92 Å². The van der Waals surface area contributed by atoms with Gasteiger partial charge in [0.25, 0.3) is 11.6 Å². The predicted octanol–water partition coefficient (Wildman–Crippen LogP) is 2.12. The second kappa shape index (κ2) is 6.60. The van der Waals surface area contributed by atoms with E-state index in [4.69, 9.17) is 0 Å². The summed E-state index contributed by atoms with van der Waals surface area (Å²) < 4.78 is 0. The summed E-state index contributed by atoms with van der Waals surface area (Å²) in [6, 6.07) is 4.25. The molecule has 1 unspecified atom stereocenters. The van der Waals surface area contributed by atoms with Gasteiger partial charge in [-0.3, -0.25) is 14.9 Å². The summed E-state index contributed by atoms with van der Waals surface area (Å²) in [4.78, 5) is 22.5. The predicted molar refractivity (Wildman–Crippen MR) is 80.4 cm³/mol. The first-order chi connectivity index (χ1) is 9.61. The number of thioether (sulfide) groups is 1. The molecule has 1 aromatic rings. The quantitative estimate of drug-likeness (QED) is 0.642.